The number of benzene rings is 6. The summed E-state index contributed by atoms with van der Waals surface area (Å²) in [5.74, 6) is 1.12. The standard InChI is InChI=1S/C53H57FN2/c1-5-9-18-38(7-3)36-53(37-39(8-4)19-10-6-2)49-24-16-14-22-45(49)46-32-30-44(35-50(46)53)55(41-20-12-11-13-21-41)43-31-33-52-48(34-43)47-23-15-17-25-51(47)56(52)42-28-26-40(54)27-29-42/h11-17,20-35,38-39H,5-10,18-19,36-37H2,1-4H3. The van der Waals surface area contributed by atoms with Crippen molar-refractivity contribution in [2.75, 3.05) is 4.90 Å². The largest absolute Gasteiger partial charge is 0.310 e. The summed E-state index contributed by atoms with van der Waals surface area (Å²) < 4.78 is 16.3. The van der Waals surface area contributed by atoms with Gasteiger partial charge in [0.15, 0.2) is 0 Å². The summed E-state index contributed by atoms with van der Waals surface area (Å²) in [5.41, 5.74) is 12.5. The Kier molecular flexibility index (Phi) is 11.1. The molecule has 0 bridgehead atoms. The number of aromatic nitrogens is 1. The van der Waals surface area contributed by atoms with Gasteiger partial charge in [-0.15, -0.1) is 0 Å². The Hall–Kier alpha value is -5.15. The molecule has 6 aromatic carbocycles. The molecule has 56 heavy (non-hydrogen) atoms. The first-order valence-corrected chi connectivity index (χ1v) is 21.4. The molecule has 2 nitrogen and oxygen atoms in total. The Labute approximate surface area is 334 Å². The summed E-state index contributed by atoms with van der Waals surface area (Å²) >= 11 is 0. The van der Waals surface area contributed by atoms with Crippen LogP contribution in [0.15, 0.2) is 140 Å². The fourth-order valence-corrected chi connectivity index (χ4v) is 9.97. The number of hydrogen-bond donors (Lipinski definition) is 0. The van der Waals surface area contributed by atoms with Crippen molar-refractivity contribution >= 4 is 38.9 Å². The number of anilines is 3. The van der Waals surface area contributed by atoms with E-state index in [9.17, 15) is 4.39 Å². The average molecular weight is 741 g/mol. The Balaban J connectivity index is 1.32. The van der Waals surface area contributed by atoms with Gasteiger partial charge in [0.25, 0.3) is 0 Å². The van der Waals surface area contributed by atoms with Crippen LogP contribution in [-0.2, 0) is 5.41 Å². The molecule has 2 atom stereocenters. The van der Waals surface area contributed by atoms with Gasteiger partial charge in [-0.25, -0.2) is 4.39 Å². The van der Waals surface area contributed by atoms with E-state index in [4.69, 9.17) is 0 Å². The molecule has 2 unspecified atom stereocenters. The molecular weight excluding hydrogens is 684 g/mol. The molecule has 0 saturated carbocycles. The normalized spacial score (nSPS) is 15.9. The van der Waals surface area contributed by atoms with Crippen molar-refractivity contribution in [1.82, 2.24) is 4.57 Å². The van der Waals surface area contributed by atoms with Gasteiger partial charge in [-0.05, 0) is 120 Å². The van der Waals surface area contributed by atoms with Crippen LogP contribution in [0.1, 0.15) is 103 Å². The molecule has 0 fully saturated rings. The maximum Gasteiger partial charge on any atom is 0.123 e. The third kappa shape index (κ3) is 6.95. The highest BCUT2D eigenvalue weighted by molar-refractivity contribution is 6.10. The lowest BCUT2D eigenvalue weighted by Crippen LogP contribution is -2.31. The van der Waals surface area contributed by atoms with Crippen molar-refractivity contribution in [2.45, 2.75) is 97.3 Å². The van der Waals surface area contributed by atoms with Crippen molar-refractivity contribution in [2.24, 2.45) is 11.8 Å². The van der Waals surface area contributed by atoms with Gasteiger partial charge in [-0.3, -0.25) is 0 Å². The topological polar surface area (TPSA) is 8.17 Å². The number of hydrogen-bond acceptors (Lipinski definition) is 1. The van der Waals surface area contributed by atoms with Crippen LogP contribution in [0.25, 0.3) is 38.6 Å². The van der Waals surface area contributed by atoms with E-state index in [-0.39, 0.29) is 11.2 Å². The molecule has 0 saturated heterocycles. The smallest absolute Gasteiger partial charge is 0.123 e. The van der Waals surface area contributed by atoms with E-state index < -0.39 is 0 Å². The number of halogens is 1. The molecule has 0 amide bonds. The van der Waals surface area contributed by atoms with Gasteiger partial charge >= 0.3 is 0 Å². The lowest BCUT2D eigenvalue weighted by molar-refractivity contribution is 0.266. The van der Waals surface area contributed by atoms with E-state index in [2.05, 4.69) is 152 Å². The van der Waals surface area contributed by atoms with Crippen LogP contribution >= 0.6 is 0 Å². The summed E-state index contributed by atoms with van der Waals surface area (Å²) in [6.45, 7) is 9.51. The first-order chi connectivity index (χ1) is 27.5. The first kappa shape index (κ1) is 37.8. The molecule has 0 radical (unpaired) electrons. The minimum Gasteiger partial charge on any atom is -0.310 e. The fourth-order valence-electron chi connectivity index (χ4n) is 9.97. The van der Waals surface area contributed by atoms with Gasteiger partial charge in [0, 0.05) is 38.9 Å². The minimum atomic E-state index is -0.228. The van der Waals surface area contributed by atoms with Gasteiger partial charge < -0.3 is 9.47 Å². The van der Waals surface area contributed by atoms with Crippen molar-refractivity contribution in [3.63, 3.8) is 0 Å². The van der Waals surface area contributed by atoms with E-state index in [1.54, 1.807) is 17.7 Å². The Morgan fingerprint density at radius 3 is 1.82 bits per heavy atom. The molecule has 1 aliphatic rings. The fraction of sp³-hybridized carbons (Fsp3) is 0.321. The quantitative estimate of drug-likeness (QED) is 0.0958. The van der Waals surface area contributed by atoms with Gasteiger partial charge in [0.05, 0.1) is 11.0 Å². The van der Waals surface area contributed by atoms with Crippen LogP contribution < -0.4 is 4.90 Å². The summed E-state index contributed by atoms with van der Waals surface area (Å²) in [5, 5.41) is 2.36. The number of nitrogens with zero attached hydrogens (tertiary/aromatic N) is 2. The van der Waals surface area contributed by atoms with Crippen LogP contribution in [0.3, 0.4) is 0 Å². The molecule has 3 heteroatoms. The van der Waals surface area contributed by atoms with E-state index in [0.29, 0.717) is 11.8 Å². The maximum atomic E-state index is 14.1. The minimum absolute atomic E-state index is 0.0420. The molecule has 8 rings (SSSR count). The molecular formula is C53H57FN2. The molecule has 7 aromatic rings. The van der Waals surface area contributed by atoms with Gasteiger partial charge in [0.1, 0.15) is 5.82 Å². The highest BCUT2D eigenvalue weighted by atomic mass is 19.1. The summed E-state index contributed by atoms with van der Waals surface area (Å²) in [6.07, 6.45) is 12.5. The Bertz CT molecular complexity index is 2390. The average Bonchev–Trinajstić information content (AvgIpc) is 3.71. The zero-order valence-electron chi connectivity index (χ0n) is 33.8. The second-order valence-electron chi connectivity index (χ2n) is 16.3. The molecule has 0 spiro atoms. The molecule has 1 heterocycles. The zero-order chi connectivity index (χ0) is 38.6. The molecule has 1 aliphatic carbocycles. The molecule has 1 aromatic heterocycles. The summed E-state index contributed by atoms with van der Waals surface area (Å²) in [6, 6.07) is 49.9. The van der Waals surface area contributed by atoms with Crippen LogP contribution in [0.2, 0.25) is 0 Å². The third-order valence-corrected chi connectivity index (χ3v) is 12.9. The number of rotatable bonds is 16. The predicted molar refractivity (Wildman–Crippen MR) is 237 cm³/mol. The second kappa shape index (κ2) is 16.5. The SMILES string of the molecule is CCCCC(CC)CC1(CC(CC)CCCC)c2ccccc2-c2ccc(N(c3ccccc3)c3ccc4c(c3)c3ccccc3n4-c3ccc(F)cc3)cc21. The first-order valence-electron chi connectivity index (χ1n) is 21.4. The van der Waals surface area contributed by atoms with Crippen molar-refractivity contribution in [3.8, 4) is 16.8 Å². The van der Waals surface area contributed by atoms with Gasteiger partial charge in [-0.2, -0.15) is 0 Å². The number of fused-ring (bicyclic) bond motifs is 6. The highest BCUT2D eigenvalue weighted by Crippen LogP contribution is 2.57. The summed E-state index contributed by atoms with van der Waals surface area (Å²) in [4.78, 5) is 2.46. The van der Waals surface area contributed by atoms with Crippen molar-refractivity contribution in [3.05, 3.63) is 156 Å². The lowest BCUT2D eigenvalue weighted by Gasteiger charge is -2.39. The second-order valence-corrected chi connectivity index (χ2v) is 16.3. The van der Waals surface area contributed by atoms with E-state index in [1.807, 2.05) is 12.1 Å². The Morgan fingerprint density at radius 1 is 0.536 bits per heavy atom. The number of unbranched alkanes of at least 4 members (excludes halogenated alkanes) is 2. The lowest BCUT2D eigenvalue weighted by atomic mass is 9.65. The Morgan fingerprint density at radius 2 is 1.12 bits per heavy atom. The van der Waals surface area contributed by atoms with E-state index in [1.165, 1.54) is 97.4 Å². The maximum absolute atomic E-state index is 14.1. The van der Waals surface area contributed by atoms with Crippen molar-refractivity contribution in [1.29, 1.82) is 0 Å². The predicted octanol–water partition coefficient (Wildman–Crippen LogP) is 15.9. The number of para-hydroxylation sites is 2. The van der Waals surface area contributed by atoms with Crippen LogP contribution in [0.5, 0.6) is 0 Å². The monoisotopic (exact) mass is 740 g/mol. The molecule has 0 aliphatic heterocycles. The highest BCUT2D eigenvalue weighted by Gasteiger charge is 2.45. The summed E-state index contributed by atoms with van der Waals surface area (Å²) in [7, 11) is 0. The molecule has 0 N–H and O–H groups in total. The molecule has 286 valence electrons. The van der Waals surface area contributed by atoms with Gasteiger partial charge in [-0.1, -0.05) is 146 Å². The van der Waals surface area contributed by atoms with Crippen LogP contribution in [0, 0.1) is 17.7 Å². The third-order valence-electron chi connectivity index (χ3n) is 12.9. The van der Waals surface area contributed by atoms with Crippen LogP contribution in [0.4, 0.5) is 21.5 Å². The zero-order valence-corrected chi connectivity index (χ0v) is 33.8. The van der Waals surface area contributed by atoms with Gasteiger partial charge in [0.2, 0.25) is 0 Å². The van der Waals surface area contributed by atoms with Crippen LogP contribution in [-0.4, -0.2) is 4.57 Å². The van der Waals surface area contributed by atoms with E-state index in [0.717, 1.165) is 28.1 Å². The van der Waals surface area contributed by atoms with Crippen molar-refractivity contribution < 1.29 is 4.39 Å². The van der Waals surface area contributed by atoms with E-state index >= 15 is 0 Å².